The molecule has 4 heteroatoms. The fourth-order valence-corrected chi connectivity index (χ4v) is 1.78. The van der Waals surface area contributed by atoms with Gasteiger partial charge in [-0.25, -0.2) is 0 Å². The van der Waals surface area contributed by atoms with E-state index in [0.717, 1.165) is 17.6 Å². The molecule has 18 heavy (non-hydrogen) atoms. The van der Waals surface area contributed by atoms with Crippen molar-refractivity contribution in [3.8, 4) is 5.75 Å². The zero-order valence-electron chi connectivity index (χ0n) is 10.2. The van der Waals surface area contributed by atoms with Crippen molar-refractivity contribution in [2.45, 2.75) is 6.42 Å². The fourth-order valence-electron chi connectivity index (χ4n) is 1.78. The molecule has 0 aliphatic carbocycles. The van der Waals surface area contributed by atoms with E-state index in [4.69, 9.17) is 16.2 Å². The summed E-state index contributed by atoms with van der Waals surface area (Å²) in [7, 11) is 0. The Morgan fingerprint density at radius 3 is 2.67 bits per heavy atom. The van der Waals surface area contributed by atoms with Crippen molar-refractivity contribution in [2.24, 2.45) is 16.5 Å². The third-order valence-electron chi connectivity index (χ3n) is 2.60. The Labute approximate surface area is 106 Å². The van der Waals surface area contributed by atoms with Crippen LogP contribution in [0.3, 0.4) is 0 Å². The fraction of sp³-hybridized carbons (Fsp3) is 0.214. The molecule has 0 spiro atoms. The van der Waals surface area contributed by atoms with Crippen LogP contribution in [0.4, 0.5) is 0 Å². The second kappa shape index (κ2) is 5.91. The maximum absolute atomic E-state index is 5.75. The van der Waals surface area contributed by atoms with E-state index in [-0.39, 0.29) is 5.96 Å². The van der Waals surface area contributed by atoms with E-state index >= 15 is 0 Å². The molecule has 4 nitrogen and oxygen atoms in total. The lowest BCUT2D eigenvalue weighted by molar-refractivity contribution is 0.317. The first-order valence-electron chi connectivity index (χ1n) is 5.93. The minimum Gasteiger partial charge on any atom is -0.493 e. The van der Waals surface area contributed by atoms with Crippen molar-refractivity contribution >= 4 is 16.7 Å². The van der Waals surface area contributed by atoms with Crippen LogP contribution in [0.1, 0.15) is 6.42 Å². The molecule has 2 aromatic carbocycles. The highest BCUT2D eigenvalue weighted by Crippen LogP contribution is 2.25. The largest absolute Gasteiger partial charge is 0.493 e. The molecule has 0 aliphatic rings. The number of aliphatic imine (C=N–C) groups is 1. The molecule has 0 bridgehead atoms. The van der Waals surface area contributed by atoms with E-state index in [1.165, 1.54) is 5.39 Å². The first-order valence-corrected chi connectivity index (χ1v) is 5.93. The van der Waals surface area contributed by atoms with Crippen LogP contribution in [0.25, 0.3) is 10.8 Å². The molecule has 4 N–H and O–H groups in total. The summed E-state index contributed by atoms with van der Waals surface area (Å²) in [6, 6.07) is 14.2. The maximum atomic E-state index is 5.75. The average Bonchev–Trinajstić information content (AvgIpc) is 2.38. The Morgan fingerprint density at radius 2 is 1.83 bits per heavy atom. The van der Waals surface area contributed by atoms with Gasteiger partial charge in [0.25, 0.3) is 0 Å². The highest BCUT2D eigenvalue weighted by molar-refractivity contribution is 5.88. The van der Waals surface area contributed by atoms with Gasteiger partial charge in [0.1, 0.15) is 5.75 Å². The van der Waals surface area contributed by atoms with Crippen molar-refractivity contribution in [3.05, 3.63) is 42.5 Å². The van der Waals surface area contributed by atoms with Crippen molar-refractivity contribution in [3.63, 3.8) is 0 Å². The van der Waals surface area contributed by atoms with Gasteiger partial charge in [-0.2, -0.15) is 0 Å². The second-order valence-electron chi connectivity index (χ2n) is 3.99. The molecule has 0 heterocycles. The molecule has 2 rings (SSSR count). The van der Waals surface area contributed by atoms with Gasteiger partial charge in [-0.3, -0.25) is 4.99 Å². The summed E-state index contributed by atoms with van der Waals surface area (Å²) < 4.78 is 5.75. The number of nitrogens with zero attached hydrogens (tertiary/aromatic N) is 1. The van der Waals surface area contributed by atoms with Crippen LogP contribution in [0.2, 0.25) is 0 Å². The van der Waals surface area contributed by atoms with Gasteiger partial charge in [0, 0.05) is 18.4 Å². The summed E-state index contributed by atoms with van der Waals surface area (Å²) in [5, 5.41) is 2.31. The second-order valence-corrected chi connectivity index (χ2v) is 3.99. The van der Waals surface area contributed by atoms with E-state index in [0.29, 0.717) is 13.2 Å². The third-order valence-corrected chi connectivity index (χ3v) is 2.60. The Hall–Kier alpha value is -2.23. The molecule has 0 aliphatic heterocycles. The minimum absolute atomic E-state index is 0.125. The van der Waals surface area contributed by atoms with Gasteiger partial charge in [0.2, 0.25) is 0 Å². The van der Waals surface area contributed by atoms with Gasteiger partial charge >= 0.3 is 0 Å². The van der Waals surface area contributed by atoms with E-state index in [9.17, 15) is 0 Å². The summed E-state index contributed by atoms with van der Waals surface area (Å²) in [6.45, 7) is 1.19. The first-order chi connectivity index (χ1) is 8.77. The van der Waals surface area contributed by atoms with Gasteiger partial charge in [-0.05, 0) is 11.5 Å². The van der Waals surface area contributed by atoms with E-state index < -0.39 is 0 Å². The Bertz CT molecular complexity index is 542. The zero-order chi connectivity index (χ0) is 12.8. The number of rotatable bonds is 5. The highest BCUT2D eigenvalue weighted by atomic mass is 16.5. The number of benzene rings is 2. The number of hydrogen-bond acceptors (Lipinski definition) is 2. The van der Waals surface area contributed by atoms with Crippen LogP contribution in [-0.4, -0.2) is 19.1 Å². The topological polar surface area (TPSA) is 73.6 Å². The van der Waals surface area contributed by atoms with E-state index in [1.807, 2.05) is 24.3 Å². The lowest BCUT2D eigenvalue weighted by Crippen LogP contribution is -2.23. The Morgan fingerprint density at radius 1 is 1.06 bits per heavy atom. The molecule has 0 atom stereocenters. The smallest absolute Gasteiger partial charge is 0.185 e. The number of guanidine groups is 1. The van der Waals surface area contributed by atoms with Gasteiger partial charge in [0.05, 0.1) is 6.61 Å². The molecule has 0 saturated carbocycles. The SMILES string of the molecule is NC(N)=NCCCOc1cccc2ccccc12. The number of nitrogens with two attached hydrogens (primary N) is 2. The highest BCUT2D eigenvalue weighted by Gasteiger charge is 2.00. The maximum Gasteiger partial charge on any atom is 0.185 e. The lowest BCUT2D eigenvalue weighted by atomic mass is 10.1. The summed E-state index contributed by atoms with van der Waals surface area (Å²) >= 11 is 0. The van der Waals surface area contributed by atoms with E-state index in [1.54, 1.807) is 0 Å². The predicted molar refractivity (Wildman–Crippen MR) is 74.7 cm³/mol. The van der Waals surface area contributed by atoms with Crippen LogP contribution in [0, 0.1) is 0 Å². The minimum atomic E-state index is 0.125. The molecule has 0 aromatic heterocycles. The van der Waals surface area contributed by atoms with Crippen LogP contribution in [-0.2, 0) is 0 Å². The number of fused-ring (bicyclic) bond motifs is 1. The summed E-state index contributed by atoms with van der Waals surface area (Å²) in [5.41, 5.74) is 10.5. The van der Waals surface area contributed by atoms with Crippen molar-refractivity contribution in [2.75, 3.05) is 13.2 Å². The Balaban J connectivity index is 1.97. The van der Waals surface area contributed by atoms with Crippen molar-refractivity contribution in [1.29, 1.82) is 0 Å². The van der Waals surface area contributed by atoms with E-state index in [2.05, 4.69) is 23.2 Å². The quantitative estimate of drug-likeness (QED) is 0.478. The van der Waals surface area contributed by atoms with Gasteiger partial charge in [-0.1, -0.05) is 36.4 Å². The monoisotopic (exact) mass is 243 g/mol. The molecule has 0 unspecified atom stereocenters. The predicted octanol–water partition coefficient (Wildman–Crippen LogP) is 1.88. The summed E-state index contributed by atoms with van der Waals surface area (Å²) in [6.07, 6.45) is 0.793. The average molecular weight is 243 g/mol. The first kappa shape index (κ1) is 12.2. The molecule has 0 fully saturated rings. The van der Waals surface area contributed by atoms with Crippen LogP contribution in [0.5, 0.6) is 5.75 Å². The van der Waals surface area contributed by atoms with Gasteiger partial charge in [-0.15, -0.1) is 0 Å². The van der Waals surface area contributed by atoms with Crippen LogP contribution < -0.4 is 16.2 Å². The molecular weight excluding hydrogens is 226 g/mol. The Kier molecular flexibility index (Phi) is 4.02. The number of ether oxygens (including phenoxy) is 1. The molecule has 0 amide bonds. The van der Waals surface area contributed by atoms with Gasteiger partial charge in [0.15, 0.2) is 5.96 Å². The molecule has 94 valence electrons. The zero-order valence-corrected chi connectivity index (χ0v) is 10.2. The van der Waals surface area contributed by atoms with Crippen molar-refractivity contribution < 1.29 is 4.74 Å². The molecule has 2 aromatic rings. The molecular formula is C14H17N3O. The third kappa shape index (κ3) is 3.13. The molecule has 0 saturated heterocycles. The normalized spacial score (nSPS) is 10.2. The van der Waals surface area contributed by atoms with Crippen LogP contribution in [0.15, 0.2) is 47.5 Å². The standard InChI is InChI=1S/C14H17N3O/c15-14(16)17-9-4-10-18-13-8-3-6-11-5-1-2-7-12(11)13/h1-3,5-8H,4,9-10H2,(H4,15,16,17). The summed E-state index contributed by atoms with van der Waals surface area (Å²) in [5.74, 6) is 1.03. The van der Waals surface area contributed by atoms with Gasteiger partial charge < -0.3 is 16.2 Å². The van der Waals surface area contributed by atoms with Crippen molar-refractivity contribution in [1.82, 2.24) is 0 Å². The summed E-state index contributed by atoms with van der Waals surface area (Å²) in [4.78, 5) is 3.91. The van der Waals surface area contributed by atoms with Crippen LogP contribution >= 0.6 is 0 Å². The number of hydrogen-bond donors (Lipinski definition) is 2. The lowest BCUT2D eigenvalue weighted by Gasteiger charge is -2.08. The molecule has 0 radical (unpaired) electrons.